The van der Waals surface area contributed by atoms with Crippen LogP contribution >= 0.6 is 0 Å². The van der Waals surface area contributed by atoms with E-state index in [1.807, 2.05) is 0 Å². The van der Waals surface area contributed by atoms with E-state index in [0.717, 1.165) is 6.21 Å². The molecule has 8 nitrogen and oxygen atoms in total. The minimum absolute atomic E-state index is 0.166. The summed E-state index contributed by atoms with van der Waals surface area (Å²) in [5.41, 5.74) is 7.09. The Kier molecular flexibility index (Phi) is 3.52. The van der Waals surface area contributed by atoms with E-state index >= 15 is 0 Å². The largest absolute Gasteiger partial charge is 0.433 e. The van der Waals surface area contributed by atoms with E-state index in [1.165, 1.54) is 12.1 Å². The Morgan fingerprint density at radius 3 is 3.00 bits per heavy atom. The molecule has 1 aromatic heterocycles. The van der Waals surface area contributed by atoms with E-state index < -0.39 is 10.8 Å². The Morgan fingerprint density at radius 2 is 2.47 bits per heavy atom. The number of nitrogens with one attached hydrogen (secondary N) is 1. The SMILES string of the molecule is NCC(=O)N/N=C\c1ccc([N+](=O)[O-])o1. The zero-order chi connectivity index (χ0) is 11.3. The summed E-state index contributed by atoms with van der Waals surface area (Å²) in [5.74, 6) is -0.687. The number of hydrogen-bond acceptors (Lipinski definition) is 6. The molecule has 8 heteroatoms. The second kappa shape index (κ2) is 4.86. The lowest BCUT2D eigenvalue weighted by molar-refractivity contribution is -0.402. The highest BCUT2D eigenvalue weighted by Gasteiger charge is 2.10. The maximum Gasteiger partial charge on any atom is 0.433 e. The van der Waals surface area contributed by atoms with Crippen LogP contribution in [0.2, 0.25) is 0 Å². The second-order valence-corrected chi connectivity index (χ2v) is 2.43. The van der Waals surface area contributed by atoms with Crippen molar-refractivity contribution in [3.8, 4) is 0 Å². The number of hydrazone groups is 1. The highest BCUT2D eigenvalue weighted by atomic mass is 16.6. The summed E-state index contributed by atoms with van der Waals surface area (Å²) in [6.45, 7) is -0.185. The van der Waals surface area contributed by atoms with Gasteiger partial charge in [-0.1, -0.05) is 0 Å². The molecule has 0 fully saturated rings. The van der Waals surface area contributed by atoms with Crippen molar-refractivity contribution in [2.45, 2.75) is 0 Å². The van der Waals surface area contributed by atoms with Gasteiger partial charge in [0.1, 0.15) is 4.92 Å². The molecule has 0 unspecified atom stereocenters. The van der Waals surface area contributed by atoms with Crippen LogP contribution in [0.25, 0.3) is 0 Å². The Balaban J connectivity index is 2.57. The standard InChI is InChI=1S/C7H8N4O4/c8-3-6(12)10-9-4-5-1-2-7(15-5)11(13)14/h1-2,4H,3,8H2,(H,10,12)/b9-4-. The molecule has 1 heterocycles. The van der Waals surface area contributed by atoms with Crippen LogP contribution in [0.5, 0.6) is 0 Å². The summed E-state index contributed by atoms with van der Waals surface area (Å²) in [5, 5.41) is 13.7. The number of carbonyl (C=O) groups excluding carboxylic acids is 1. The van der Waals surface area contributed by atoms with Gasteiger partial charge in [-0.25, -0.2) is 5.43 Å². The molecule has 0 aliphatic rings. The van der Waals surface area contributed by atoms with Crippen LogP contribution in [0.1, 0.15) is 5.76 Å². The lowest BCUT2D eigenvalue weighted by Gasteiger charge is -1.91. The van der Waals surface area contributed by atoms with E-state index in [4.69, 9.17) is 10.2 Å². The maximum absolute atomic E-state index is 10.6. The Bertz CT molecular complexity index is 397. The molecule has 1 amide bonds. The number of nitrogens with zero attached hydrogens (tertiary/aromatic N) is 2. The van der Waals surface area contributed by atoms with Crippen molar-refractivity contribution < 1.29 is 14.1 Å². The zero-order valence-electron chi connectivity index (χ0n) is 7.54. The van der Waals surface area contributed by atoms with E-state index in [-0.39, 0.29) is 18.2 Å². The molecule has 1 rings (SSSR count). The smallest absolute Gasteiger partial charge is 0.400 e. The summed E-state index contributed by atoms with van der Waals surface area (Å²) in [6.07, 6.45) is 1.14. The molecule has 15 heavy (non-hydrogen) atoms. The van der Waals surface area contributed by atoms with Gasteiger partial charge in [0, 0.05) is 0 Å². The third-order valence-corrected chi connectivity index (χ3v) is 1.36. The molecular weight excluding hydrogens is 204 g/mol. The van der Waals surface area contributed by atoms with Crippen molar-refractivity contribution in [1.29, 1.82) is 0 Å². The second-order valence-electron chi connectivity index (χ2n) is 2.43. The van der Waals surface area contributed by atoms with E-state index in [0.29, 0.717) is 0 Å². The van der Waals surface area contributed by atoms with Crippen molar-refractivity contribution in [2.24, 2.45) is 10.8 Å². The Morgan fingerprint density at radius 1 is 1.73 bits per heavy atom. The number of rotatable bonds is 4. The van der Waals surface area contributed by atoms with Gasteiger partial charge in [0.15, 0.2) is 5.76 Å². The van der Waals surface area contributed by atoms with Crippen molar-refractivity contribution in [2.75, 3.05) is 6.54 Å². The van der Waals surface area contributed by atoms with E-state index in [1.54, 1.807) is 0 Å². The van der Waals surface area contributed by atoms with Crippen LogP contribution in [-0.2, 0) is 4.79 Å². The highest BCUT2D eigenvalue weighted by Crippen LogP contribution is 2.13. The van der Waals surface area contributed by atoms with Crippen molar-refractivity contribution >= 4 is 18.0 Å². The van der Waals surface area contributed by atoms with Crippen molar-refractivity contribution in [3.05, 3.63) is 28.0 Å². The molecule has 0 radical (unpaired) electrons. The summed E-state index contributed by atoms with van der Waals surface area (Å²) in [6, 6.07) is 2.54. The molecule has 0 saturated heterocycles. The van der Waals surface area contributed by atoms with Crippen LogP contribution in [0.4, 0.5) is 5.88 Å². The van der Waals surface area contributed by atoms with Gasteiger partial charge >= 0.3 is 5.88 Å². The maximum atomic E-state index is 10.6. The number of hydrogen-bond donors (Lipinski definition) is 2. The predicted octanol–water partition coefficient (Wildman–Crippen LogP) is -0.403. The lowest BCUT2D eigenvalue weighted by atomic mass is 10.5. The number of nitrogens with two attached hydrogens (primary N) is 1. The van der Waals surface area contributed by atoms with Gasteiger partial charge in [-0.15, -0.1) is 0 Å². The minimum atomic E-state index is -0.671. The van der Waals surface area contributed by atoms with Gasteiger partial charge in [-0.2, -0.15) is 5.10 Å². The fourth-order valence-corrected chi connectivity index (χ4v) is 0.723. The van der Waals surface area contributed by atoms with Crippen LogP contribution in [0.15, 0.2) is 21.7 Å². The van der Waals surface area contributed by atoms with Crippen molar-refractivity contribution in [1.82, 2.24) is 5.43 Å². The topological polar surface area (TPSA) is 124 Å². The molecule has 0 atom stereocenters. The Labute approximate surface area is 83.9 Å². The van der Waals surface area contributed by atoms with Gasteiger partial charge in [0.2, 0.25) is 0 Å². The molecule has 0 aliphatic heterocycles. The first-order chi connectivity index (χ1) is 7.13. The third-order valence-electron chi connectivity index (χ3n) is 1.36. The zero-order valence-corrected chi connectivity index (χ0v) is 7.54. The summed E-state index contributed by atoms with van der Waals surface area (Å²) >= 11 is 0. The molecule has 0 aliphatic carbocycles. The third kappa shape index (κ3) is 3.19. The normalized spacial score (nSPS) is 10.5. The molecule has 80 valence electrons. The fourth-order valence-electron chi connectivity index (χ4n) is 0.723. The van der Waals surface area contributed by atoms with Gasteiger partial charge in [0.25, 0.3) is 5.91 Å². The quantitative estimate of drug-likeness (QED) is 0.399. The van der Waals surface area contributed by atoms with Gasteiger partial charge < -0.3 is 10.2 Å². The molecular formula is C7H8N4O4. The van der Waals surface area contributed by atoms with Crippen molar-refractivity contribution in [3.63, 3.8) is 0 Å². The number of nitro groups is 1. The predicted molar refractivity (Wildman–Crippen MR) is 50.2 cm³/mol. The fraction of sp³-hybridized carbons (Fsp3) is 0.143. The number of amides is 1. The van der Waals surface area contributed by atoms with Crippen LogP contribution in [-0.4, -0.2) is 23.6 Å². The lowest BCUT2D eigenvalue weighted by Crippen LogP contribution is -2.26. The van der Waals surface area contributed by atoms with E-state index in [2.05, 4.69) is 10.5 Å². The molecule has 0 aromatic carbocycles. The number of furan rings is 1. The first-order valence-corrected chi connectivity index (χ1v) is 3.89. The van der Waals surface area contributed by atoms with Gasteiger partial charge in [-0.05, 0) is 6.07 Å². The van der Waals surface area contributed by atoms with Crippen LogP contribution < -0.4 is 11.2 Å². The Hall–Kier alpha value is -2.22. The monoisotopic (exact) mass is 212 g/mol. The minimum Gasteiger partial charge on any atom is -0.400 e. The average molecular weight is 212 g/mol. The molecule has 1 aromatic rings. The van der Waals surface area contributed by atoms with Gasteiger partial charge in [0.05, 0.1) is 18.8 Å². The first kappa shape index (κ1) is 10.9. The average Bonchev–Trinajstić information content (AvgIpc) is 2.66. The number of carbonyl (C=O) groups is 1. The molecule has 3 N–H and O–H groups in total. The highest BCUT2D eigenvalue weighted by molar-refractivity contribution is 5.81. The van der Waals surface area contributed by atoms with Crippen LogP contribution in [0.3, 0.4) is 0 Å². The van der Waals surface area contributed by atoms with E-state index in [9.17, 15) is 14.9 Å². The van der Waals surface area contributed by atoms with Crippen LogP contribution in [0, 0.1) is 10.1 Å². The summed E-state index contributed by atoms with van der Waals surface area (Å²) < 4.78 is 4.73. The molecule has 0 spiro atoms. The summed E-state index contributed by atoms with van der Waals surface area (Å²) in [7, 11) is 0. The molecule has 0 saturated carbocycles. The van der Waals surface area contributed by atoms with Gasteiger partial charge in [-0.3, -0.25) is 14.9 Å². The molecule has 0 bridgehead atoms. The first-order valence-electron chi connectivity index (χ1n) is 3.89. The summed E-state index contributed by atoms with van der Waals surface area (Å²) in [4.78, 5) is 20.2.